The maximum atomic E-state index is 9.42. The van der Waals surface area contributed by atoms with Crippen LogP contribution in [0.5, 0.6) is 0 Å². The van der Waals surface area contributed by atoms with Gasteiger partial charge >= 0.3 is 0 Å². The number of thioether (sulfide) groups is 1. The Hall–Kier alpha value is -0.510. The molecule has 1 saturated heterocycles. The maximum Gasteiger partial charge on any atom is 0.111 e. The van der Waals surface area contributed by atoms with Gasteiger partial charge in [-0.3, -0.25) is 0 Å². The van der Waals surface area contributed by atoms with Gasteiger partial charge < -0.3 is 9.84 Å². The van der Waals surface area contributed by atoms with Gasteiger partial charge in [0.1, 0.15) is 5.44 Å². The Morgan fingerprint density at radius 1 is 1.06 bits per heavy atom. The van der Waals surface area contributed by atoms with E-state index in [1.807, 2.05) is 18.2 Å². The van der Waals surface area contributed by atoms with E-state index in [4.69, 9.17) is 4.74 Å². The van der Waals surface area contributed by atoms with Crippen LogP contribution in [0.4, 0.5) is 0 Å². The highest BCUT2D eigenvalue weighted by Crippen LogP contribution is 2.41. The monoisotopic (exact) mass is 266 g/mol. The van der Waals surface area contributed by atoms with Crippen LogP contribution in [0, 0.1) is 17.8 Å². The zero-order valence-corrected chi connectivity index (χ0v) is 12.1. The third kappa shape index (κ3) is 2.90. The molecule has 1 aromatic rings. The fourth-order valence-corrected chi connectivity index (χ4v) is 3.71. The zero-order chi connectivity index (χ0) is 13.1. The van der Waals surface area contributed by atoms with Crippen LogP contribution in [-0.4, -0.2) is 23.3 Å². The fraction of sp³-hybridized carbons (Fsp3) is 0.600. The lowest BCUT2D eigenvalue weighted by Crippen LogP contribution is -2.44. The second kappa shape index (κ2) is 6.09. The molecular formula is C15H22O2S. The number of rotatable bonds is 3. The molecule has 5 atom stereocenters. The van der Waals surface area contributed by atoms with Crippen molar-refractivity contribution in [2.75, 3.05) is 6.61 Å². The summed E-state index contributed by atoms with van der Waals surface area (Å²) in [6.07, 6.45) is -0.0302. The number of benzene rings is 1. The molecule has 0 amide bonds. The number of hydrogen-bond acceptors (Lipinski definition) is 3. The van der Waals surface area contributed by atoms with Crippen molar-refractivity contribution in [3.05, 3.63) is 30.3 Å². The van der Waals surface area contributed by atoms with E-state index in [0.29, 0.717) is 17.8 Å². The molecule has 1 aromatic carbocycles. The minimum absolute atomic E-state index is 0.0302. The lowest BCUT2D eigenvalue weighted by Gasteiger charge is -2.42. The van der Waals surface area contributed by atoms with E-state index in [-0.39, 0.29) is 18.1 Å². The Labute approximate surface area is 114 Å². The van der Waals surface area contributed by atoms with Crippen molar-refractivity contribution in [2.24, 2.45) is 17.8 Å². The smallest absolute Gasteiger partial charge is 0.111 e. The summed E-state index contributed by atoms with van der Waals surface area (Å²) < 4.78 is 6.05. The molecule has 1 aliphatic heterocycles. The summed E-state index contributed by atoms with van der Waals surface area (Å²) in [5.74, 6) is 1.47. The molecule has 1 heterocycles. The molecule has 1 fully saturated rings. The quantitative estimate of drug-likeness (QED) is 0.909. The summed E-state index contributed by atoms with van der Waals surface area (Å²) in [4.78, 5) is 1.23. The standard InChI is InChI=1S/C15H22O2S/c1-10-11(2)14(9-16)17-15(12(10)3)18-13-7-5-4-6-8-13/h4-8,10-12,14-16H,9H2,1-3H3. The Balaban J connectivity index is 2.08. The molecule has 0 saturated carbocycles. The normalized spacial score (nSPS) is 36.6. The average molecular weight is 266 g/mol. The molecular weight excluding hydrogens is 244 g/mol. The van der Waals surface area contributed by atoms with E-state index in [1.165, 1.54) is 4.90 Å². The van der Waals surface area contributed by atoms with Gasteiger partial charge in [-0.2, -0.15) is 0 Å². The summed E-state index contributed by atoms with van der Waals surface area (Å²) in [5.41, 5.74) is 0.135. The van der Waals surface area contributed by atoms with Crippen LogP contribution >= 0.6 is 11.8 Å². The van der Waals surface area contributed by atoms with E-state index in [9.17, 15) is 5.11 Å². The van der Waals surface area contributed by atoms with E-state index in [1.54, 1.807) is 11.8 Å². The number of aliphatic hydroxyl groups is 1. The third-order valence-corrected chi connectivity index (χ3v) is 5.48. The molecule has 0 spiro atoms. The molecule has 1 aliphatic rings. The van der Waals surface area contributed by atoms with Gasteiger partial charge in [0.25, 0.3) is 0 Å². The van der Waals surface area contributed by atoms with Crippen molar-refractivity contribution in [3.8, 4) is 0 Å². The van der Waals surface area contributed by atoms with Crippen LogP contribution in [0.25, 0.3) is 0 Å². The second-order valence-corrected chi connectivity index (χ2v) is 6.41. The van der Waals surface area contributed by atoms with Crippen molar-refractivity contribution < 1.29 is 9.84 Å². The second-order valence-electron chi connectivity index (χ2n) is 5.23. The Morgan fingerprint density at radius 2 is 1.72 bits per heavy atom. The summed E-state index contributed by atoms with van der Waals surface area (Å²) in [6.45, 7) is 6.80. The number of ether oxygens (including phenoxy) is 1. The number of aliphatic hydroxyl groups excluding tert-OH is 1. The lowest BCUT2D eigenvalue weighted by atomic mass is 9.80. The average Bonchev–Trinajstić information content (AvgIpc) is 2.40. The van der Waals surface area contributed by atoms with Crippen LogP contribution in [-0.2, 0) is 4.74 Å². The molecule has 2 nitrogen and oxygen atoms in total. The highest BCUT2D eigenvalue weighted by atomic mass is 32.2. The van der Waals surface area contributed by atoms with Crippen molar-refractivity contribution in [3.63, 3.8) is 0 Å². The van der Waals surface area contributed by atoms with E-state index in [2.05, 4.69) is 32.9 Å². The van der Waals surface area contributed by atoms with Crippen molar-refractivity contribution >= 4 is 11.8 Å². The Kier molecular flexibility index (Phi) is 4.71. The third-order valence-electron chi connectivity index (χ3n) is 4.16. The molecule has 3 heteroatoms. The molecule has 1 N–H and O–H groups in total. The predicted octanol–water partition coefficient (Wildman–Crippen LogP) is 3.40. The minimum Gasteiger partial charge on any atom is -0.394 e. The van der Waals surface area contributed by atoms with Crippen LogP contribution in [0.1, 0.15) is 20.8 Å². The first-order valence-corrected chi connectivity index (χ1v) is 7.49. The van der Waals surface area contributed by atoms with E-state index >= 15 is 0 Å². The fourth-order valence-electron chi connectivity index (χ4n) is 2.46. The molecule has 2 rings (SSSR count). The van der Waals surface area contributed by atoms with Crippen LogP contribution < -0.4 is 0 Å². The van der Waals surface area contributed by atoms with Crippen LogP contribution in [0.3, 0.4) is 0 Å². The minimum atomic E-state index is -0.0302. The summed E-state index contributed by atoms with van der Waals surface area (Å²) in [6, 6.07) is 10.3. The largest absolute Gasteiger partial charge is 0.394 e. The van der Waals surface area contributed by atoms with Crippen LogP contribution in [0.15, 0.2) is 35.2 Å². The van der Waals surface area contributed by atoms with Crippen molar-refractivity contribution in [1.29, 1.82) is 0 Å². The first kappa shape index (κ1) is 13.9. The topological polar surface area (TPSA) is 29.5 Å². The van der Waals surface area contributed by atoms with Crippen LogP contribution in [0.2, 0.25) is 0 Å². The van der Waals surface area contributed by atoms with Crippen molar-refractivity contribution in [2.45, 2.75) is 37.2 Å². The van der Waals surface area contributed by atoms with Gasteiger partial charge in [0.15, 0.2) is 0 Å². The van der Waals surface area contributed by atoms with Gasteiger partial charge in [-0.1, -0.05) is 50.7 Å². The first-order valence-electron chi connectivity index (χ1n) is 6.61. The molecule has 0 aliphatic carbocycles. The van der Waals surface area contributed by atoms with E-state index in [0.717, 1.165) is 0 Å². The Morgan fingerprint density at radius 3 is 2.33 bits per heavy atom. The van der Waals surface area contributed by atoms with Gasteiger partial charge in [0, 0.05) is 4.90 Å². The summed E-state index contributed by atoms with van der Waals surface area (Å²) in [7, 11) is 0. The van der Waals surface area contributed by atoms with Crippen molar-refractivity contribution in [1.82, 2.24) is 0 Å². The summed E-state index contributed by atoms with van der Waals surface area (Å²) in [5, 5.41) is 9.42. The Bertz CT molecular complexity index is 366. The molecule has 0 radical (unpaired) electrons. The molecule has 0 bridgehead atoms. The van der Waals surface area contributed by atoms with Gasteiger partial charge in [0.2, 0.25) is 0 Å². The summed E-state index contributed by atoms with van der Waals surface area (Å²) >= 11 is 1.76. The predicted molar refractivity (Wildman–Crippen MR) is 75.5 cm³/mol. The first-order chi connectivity index (χ1) is 8.63. The molecule has 0 aromatic heterocycles. The SMILES string of the molecule is CC1C(CO)OC(Sc2ccccc2)C(C)C1C. The highest BCUT2D eigenvalue weighted by Gasteiger charge is 2.38. The van der Waals surface area contributed by atoms with Gasteiger partial charge in [-0.15, -0.1) is 0 Å². The van der Waals surface area contributed by atoms with Gasteiger partial charge in [-0.25, -0.2) is 0 Å². The lowest BCUT2D eigenvalue weighted by molar-refractivity contribution is -0.112. The highest BCUT2D eigenvalue weighted by molar-refractivity contribution is 7.99. The number of hydrogen-bond donors (Lipinski definition) is 1. The molecule has 100 valence electrons. The maximum absolute atomic E-state index is 9.42. The van der Waals surface area contributed by atoms with Gasteiger partial charge in [0.05, 0.1) is 12.7 Å². The molecule has 5 unspecified atom stereocenters. The van der Waals surface area contributed by atoms with Gasteiger partial charge in [-0.05, 0) is 29.9 Å². The molecule has 18 heavy (non-hydrogen) atoms. The van der Waals surface area contributed by atoms with E-state index < -0.39 is 0 Å². The zero-order valence-electron chi connectivity index (χ0n) is 11.2.